The Labute approximate surface area is 151 Å². The first-order valence-electron chi connectivity index (χ1n) is 8.51. The lowest BCUT2D eigenvalue weighted by Gasteiger charge is -2.10. The monoisotopic (exact) mass is 351 g/mol. The molecular formula is C19H21N5O2. The molecule has 0 spiro atoms. The van der Waals surface area contributed by atoms with Crippen LogP contribution in [0.5, 0.6) is 0 Å². The van der Waals surface area contributed by atoms with Crippen LogP contribution in [0.4, 0.5) is 5.82 Å². The smallest absolute Gasteiger partial charge is 0.277 e. The number of benzene rings is 1. The quantitative estimate of drug-likeness (QED) is 0.766. The van der Waals surface area contributed by atoms with Crippen LogP contribution in [0.1, 0.15) is 35.1 Å². The molecule has 2 heterocycles. The van der Waals surface area contributed by atoms with E-state index in [9.17, 15) is 9.59 Å². The van der Waals surface area contributed by atoms with Crippen LogP contribution in [0.3, 0.4) is 0 Å². The van der Waals surface area contributed by atoms with Crippen LogP contribution in [0.25, 0.3) is 5.69 Å². The molecule has 3 rings (SSSR count). The number of hydrogen-bond donors (Lipinski definition) is 1. The topological polar surface area (TPSA) is 81.8 Å². The van der Waals surface area contributed by atoms with Crippen LogP contribution in [0.15, 0.2) is 47.3 Å². The highest BCUT2D eigenvalue weighted by Gasteiger charge is 2.14. The maximum atomic E-state index is 12.6. The van der Waals surface area contributed by atoms with E-state index >= 15 is 0 Å². The minimum atomic E-state index is -0.386. The average Bonchev–Trinajstić information content (AvgIpc) is 2.98. The SMILES string of the molecule is CCCn1nc(C(=O)Nc2cc(C)nn2-c2ccc(C)cc2)ccc1=O. The summed E-state index contributed by atoms with van der Waals surface area (Å²) in [5.41, 5.74) is 2.74. The summed E-state index contributed by atoms with van der Waals surface area (Å²) in [6.45, 7) is 6.29. The van der Waals surface area contributed by atoms with Crippen molar-refractivity contribution < 1.29 is 4.79 Å². The third-order valence-corrected chi connectivity index (χ3v) is 3.89. The van der Waals surface area contributed by atoms with Crippen molar-refractivity contribution in [1.29, 1.82) is 0 Å². The second kappa shape index (κ2) is 7.35. The Hall–Kier alpha value is -3.22. The molecule has 0 radical (unpaired) electrons. The van der Waals surface area contributed by atoms with E-state index in [1.807, 2.05) is 45.0 Å². The first-order valence-corrected chi connectivity index (χ1v) is 8.51. The summed E-state index contributed by atoms with van der Waals surface area (Å²) in [7, 11) is 0. The highest BCUT2D eigenvalue weighted by atomic mass is 16.2. The highest BCUT2D eigenvalue weighted by molar-refractivity contribution is 6.02. The molecule has 0 unspecified atom stereocenters. The molecular weight excluding hydrogens is 330 g/mol. The van der Waals surface area contributed by atoms with Crippen molar-refractivity contribution in [3.05, 3.63) is 69.8 Å². The van der Waals surface area contributed by atoms with Crippen molar-refractivity contribution in [2.45, 2.75) is 33.7 Å². The van der Waals surface area contributed by atoms with E-state index in [2.05, 4.69) is 15.5 Å². The summed E-state index contributed by atoms with van der Waals surface area (Å²) in [4.78, 5) is 24.4. The molecule has 2 aromatic heterocycles. The number of carbonyl (C=O) groups is 1. The van der Waals surface area contributed by atoms with E-state index in [1.165, 1.54) is 16.8 Å². The maximum absolute atomic E-state index is 12.6. The van der Waals surface area contributed by atoms with Crippen molar-refractivity contribution in [3.8, 4) is 5.69 Å². The summed E-state index contributed by atoms with van der Waals surface area (Å²) in [5, 5.41) is 11.4. The minimum absolute atomic E-state index is 0.187. The Bertz CT molecular complexity index is 986. The van der Waals surface area contributed by atoms with Crippen LogP contribution in [0.2, 0.25) is 0 Å². The largest absolute Gasteiger partial charge is 0.305 e. The van der Waals surface area contributed by atoms with Crippen molar-refractivity contribution >= 4 is 11.7 Å². The number of anilines is 1. The molecule has 0 fully saturated rings. The average molecular weight is 351 g/mol. The highest BCUT2D eigenvalue weighted by Crippen LogP contribution is 2.18. The lowest BCUT2D eigenvalue weighted by Crippen LogP contribution is -2.26. The van der Waals surface area contributed by atoms with Gasteiger partial charge in [0, 0.05) is 18.7 Å². The van der Waals surface area contributed by atoms with Crippen molar-refractivity contribution in [2.24, 2.45) is 0 Å². The van der Waals surface area contributed by atoms with Gasteiger partial charge in [-0.1, -0.05) is 24.6 Å². The van der Waals surface area contributed by atoms with Crippen LogP contribution in [-0.4, -0.2) is 25.5 Å². The predicted octanol–water partition coefficient (Wildman–Crippen LogP) is 2.71. The van der Waals surface area contributed by atoms with E-state index in [4.69, 9.17) is 0 Å². The number of rotatable bonds is 5. The van der Waals surface area contributed by atoms with Gasteiger partial charge in [0.1, 0.15) is 11.5 Å². The Kier molecular flexibility index (Phi) is 4.97. The third-order valence-electron chi connectivity index (χ3n) is 3.89. The lowest BCUT2D eigenvalue weighted by atomic mass is 10.2. The molecule has 0 saturated carbocycles. The number of hydrogen-bond acceptors (Lipinski definition) is 4. The first kappa shape index (κ1) is 17.6. The van der Waals surface area contributed by atoms with Gasteiger partial charge in [-0.3, -0.25) is 9.59 Å². The second-order valence-corrected chi connectivity index (χ2v) is 6.15. The van der Waals surface area contributed by atoms with Gasteiger partial charge < -0.3 is 5.32 Å². The summed E-state index contributed by atoms with van der Waals surface area (Å²) in [6.07, 6.45) is 0.761. The number of aromatic nitrogens is 4. The van der Waals surface area contributed by atoms with E-state index < -0.39 is 0 Å². The second-order valence-electron chi connectivity index (χ2n) is 6.15. The maximum Gasteiger partial charge on any atom is 0.277 e. The Balaban J connectivity index is 1.90. The molecule has 0 saturated heterocycles. The molecule has 1 N–H and O–H groups in total. The third kappa shape index (κ3) is 3.72. The number of nitrogens with one attached hydrogen (secondary N) is 1. The Morgan fingerprint density at radius 1 is 1.08 bits per heavy atom. The van der Waals surface area contributed by atoms with Gasteiger partial charge in [-0.15, -0.1) is 0 Å². The molecule has 0 aliphatic heterocycles. The fourth-order valence-electron chi connectivity index (χ4n) is 2.59. The normalized spacial score (nSPS) is 10.7. The fraction of sp³-hybridized carbons (Fsp3) is 0.263. The zero-order valence-electron chi connectivity index (χ0n) is 15.1. The van der Waals surface area contributed by atoms with E-state index in [1.54, 1.807) is 10.7 Å². The van der Waals surface area contributed by atoms with Crippen molar-refractivity contribution in [1.82, 2.24) is 19.6 Å². The molecule has 134 valence electrons. The van der Waals surface area contributed by atoms with Crippen LogP contribution in [-0.2, 0) is 6.54 Å². The number of nitrogens with zero attached hydrogens (tertiary/aromatic N) is 4. The molecule has 26 heavy (non-hydrogen) atoms. The molecule has 0 atom stereocenters. The van der Waals surface area contributed by atoms with Gasteiger partial charge in [0.25, 0.3) is 11.5 Å². The Morgan fingerprint density at radius 2 is 1.81 bits per heavy atom. The number of carbonyl (C=O) groups excluding carboxylic acids is 1. The fourth-order valence-corrected chi connectivity index (χ4v) is 2.59. The molecule has 7 nitrogen and oxygen atoms in total. The summed E-state index contributed by atoms with van der Waals surface area (Å²) in [6, 6.07) is 12.4. The number of amides is 1. The molecule has 0 aliphatic rings. The summed E-state index contributed by atoms with van der Waals surface area (Å²) in [5.74, 6) is 0.162. The van der Waals surface area contributed by atoms with E-state index in [0.29, 0.717) is 12.4 Å². The van der Waals surface area contributed by atoms with Gasteiger partial charge in [-0.25, -0.2) is 9.36 Å². The van der Waals surface area contributed by atoms with Gasteiger partial charge >= 0.3 is 0 Å². The van der Waals surface area contributed by atoms with Crippen LogP contribution < -0.4 is 10.9 Å². The van der Waals surface area contributed by atoms with Crippen LogP contribution in [0, 0.1) is 13.8 Å². The zero-order valence-corrected chi connectivity index (χ0v) is 15.1. The van der Waals surface area contributed by atoms with Gasteiger partial charge in [-0.05, 0) is 38.5 Å². The van der Waals surface area contributed by atoms with Crippen molar-refractivity contribution in [2.75, 3.05) is 5.32 Å². The van der Waals surface area contributed by atoms with Crippen LogP contribution >= 0.6 is 0 Å². The van der Waals surface area contributed by atoms with Gasteiger partial charge in [0.15, 0.2) is 0 Å². The van der Waals surface area contributed by atoms with Gasteiger partial charge in [0.2, 0.25) is 0 Å². The number of aryl methyl sites for hydroxylation is 3. The first-order chi connectivity index (χ1) is 12.5. The van der Waals surface area contributed by atoms with E-state index in [0.717, 1.165) is 23.4 Å². The molecule has 1 aromatic carbocycles. The van der Waals surface area contributed by atoms with Gasteiger partial charge in [0.05, 0.1) is 11.4 Å². The summed E-state index contributed by atoms with van der Waals surface area (Å²) < 4.78 is 2.98. The zero-order chi connectivity index (χ0) is 18.7. The molecule has 0 aliphatic carbocycles. The molecule has 3 aromatic rings. The lowest BCUT2D eigenvalue weighted by molar-refractivity contribution is 0.101. The Morgan fingerprint density at radius 3 is 2.50 bits per heavy atom. The molecule has 0 bridgehead atoms. The summed E-state index contributed by atoms with van der Waals surface area (Å²) >= 11 is 0. The predicted molar refractivity (Wildman–Crippen MR) is 99.8 cm³/mol. The van der Waals surface area contributed by atoms with E-state index in [-0.39, 0.29) is 17.2 Å². The minimum Gasteiger partial charge on any atom is -0.305 e. The molecule has 1 amide bonds. The standard InChI is InChI=1S/C19H21N5O2/c1-4-11-23-18(25)10-9-16(22-23)19(26)20-17-12-14(3)21-24(17)15-7-5-13(2)6-8-15/h5-10,12H,4,11H2,1-3H3,(H,20,26). The van der Waals surface area contributed by atoms with Crippen molar-refractivity contribution in [3.63, 3.8) is 0 Å². The molecule has 7 heteroatoms. The van der Waals surface area contributed by atoms with Gasteiger partial charge in [-0.2, -0.15) is 10.2 Å².